The molecule has 0 unspecified atom stereocenters. The summed E-state index contributed by atoms with van der Waals surface area (Å²) < 4.78 is 0. The number of rotatable bonds is 2. The van der Waals surface area contributed by atoms with Crippen molar-refractivity contribution in [3.8, 4) is 6.07 Å². The third-order valence-electron chi connectivity index (χ3n) is 0.808. The van der Waals surface area contributed by atoms with E-state index >= 15 is 0 Å². The lowest BCUT2D eigenvalue weighted by Crippen LogP contribution is -2.10. The second-order valence-electron chi connectivity index (χ2n) is 2.43. The highest BCUT2D eigenvalue weighted by molar-refractivity contribution is 7.98. The monoisotopic (exact) mass is 129 g/mol. The van der Waals surface area contributed by atoms with Crippen LogP contribution in [0.25, 0.3) is 0 Å². The molecule has 0 saturated heterocycles. The maximum Gasteiger partial charge on any atom is 0.0692 e. The molecule has 0 heterocycles. The van der Waals surface area contributed by atoms with Crippen molar-refractivity contribution in [2.75, 3.05) is 12.0 Å². The molecule has 2 heteroatoms. The Morgan fingerprint density at radius 1 is 1.62 bits per heavy atom. The minimum absolute atomic E-state index is 0.139. The molecule has 0 aliphatic carbocycles. The second kappa shape index (κ2) is 2.99. The molecular formula is C6H11NS. The third-order valence-corrected chi connectivity index (χ3v) is 1.82. The predicted octanol–water partition coefficient (Wildman–Crippen LogP) is 1.90. The van der Waals surface area contributed by atoms with Crippen molar-refractivity contribution >= 4 is 11.8 Å². The van der Waals surface area contributed by atoms with Crippen LogP contribution in [0.3, 0.4) is 0 Å². The van der Waals surface area contributed by atoms with E-state index in [-0.39, 0.29) is 5.41 Å². The molecule has 46 valence electrons. The molecular weight excluding hydrogens is 118 g/mol. The van der Waals surface area contributed by atoms with E-state index in [1.807, 2.05) is 20.1 Å². The van der Waals surface area contributed by atoms with Crippen molar-refractivity contribution < 1.29 is 0 Å². The Kier molecular flexibility index (Phi) is 2.93. The summed E-state index contributed by atoms with van der Waals surface area (Å²) in [6, 6.07) is 2.22. The smallest absolute Gasteiger partial charge is 0.0692 e. The van der Waals surface area contributed by atoms with E-state index in [1.165, 1.54) is 0 Å². The molecule has 0 amide bonds. The number of thioether (sulfide) groups is 1. The highest BCUT2D eigenvalue weighted by atomic mass is 32.2. The van der Waals surface area contributed by atoms with Crippen LogP contribution in [-0.2, 0) is 0 Å². The molecule has 0 aromatic rings. The normalized spacial score (nSPS) is 10.8. The first kappa shape index (κ1) is 7.84. The van der Waals surface area contributed by atoms with Gasteiger partial charge in [0.05, 0.1) is 11.5 Å². The fourth-order valence-corrected chi connectivity index (χ4v) is 1.18. The van der Waals surface area contributed by atoms with Gasteiger partial charge in [-0.15, -0.1) is 0 Å². The molecule has 0 N–H and O–H groups in total. The average Bonchev–Trinajstić information content (AvgIpc) is 1.67. The SMILES string of the molecule is CSCC(C)(C)C#N. The minimum Gasteiger partial charge on any atom is -0.198 e. The largest absolute Gasteiger partial charge is 0.198 e. The highest BCUT2D eigenvalue weighted by Gasteiger charge is 2.14. The maximum absolute atomic E-state index is 8.46. The van der Waals surface area contributed by atoms with Crippen LogP contribution in [0.4, 0.5) is 0 Å². The molecule has 0 saturated carbocycles. The molecule has 0 rings (SSSR count). The summed E-state index contributed by atoms with van der Waals surface area (Å²) in [7, 11) is 0. The zero-order valence-corrected chi connectivity index (χ0v) is 6.38. The first-order valence-corrected chi connectivity index (χ1v) is 3.92. The molecule has 0 atom stereocenters. The predicted molar refractivity (Wildman–Crippen MR) is 37.8 cm³/mol. The Hall–Kier alpha value is -0.160. The van der Waals surface area contributed by atoms with Crippen LogP contribution in [0.2, 0.25) is 0 Å². The van der Waals surface area contributed by atoms with Crippen molar-refractivity contribution in [1.29, 1.82) is 5.26 Å². The van der Waals surface area contributed by atoms with E-state index in [0.717, 1.165) is 5.75 Å². The quantitative estimate of drug-likeness (QED) is 0.568. The third kappa shape index (κ3) is 2.92. The lowest BCUT2D eigenvalue weighted by molar-refractivity contribution is 0.574. The molecule has 1 nitrogen and oxygen atoms in total. The van der Waals surface area contributed by atoms with Crippen molar-refractivity contribution in [1.82, 2.24) is 0 Å². The first-order chi connectivity index (χ1) is 3.62. The Morgan fingerprint density at radius 3 is 2.25 bits per heavy atom. The summed E-state index contributed by atoms with van der Waals surface area (Å²) in [6.45, 7) is 3.90. The van der Waals surface area contributed by atoms with Gasteiger partial charge < -0.3 is 0 Å². The van der Waals surface area contributed by atoms with Crippen molar-refractivity contribution in [3.63, 3.8) is 0 Å². The topological polar surface area (TPSA) is 23.8 Å². The lowest BCUT2D eigenvalue weighted by Gasteiger charge is -2.11. The van der Waals surface area contributed by atoms with E-state index in [0.29, 0.717) is 0 Å². The maximum atomic E-state index is 8.46. The minimum atomic E-state index is -0.139. The van der Waals surface area contributed by atoms with E-state index in [9.17, 15) is 0 Å². The van der Waals surface area contributed by atoms with Crippen LogP contribution in [0.5, 0.6) is 0 Å². The van der Waals surface area contributed by atoms with Gasteiger partial charge >= 0.3 is 0 Å². The van der Waals surface area contributed by atoms with Gasteiger partial charge in [-0.2, -0.15) is 17.0 Å². The summed E-state index contributed by atoms with van der Waals surface area (Å²) in [4.78, 5) is 0. The summed E-state index contributed by atoms with van der Waals surface area (Å²) >= 11 is 1.71. The van der Waals surface area contributed by atoms with Crippen LogP contribution in [0.15, 0.2) is 0 Å². The van der Waals surface area contributed by atoms with Crippen LogP contribution in [-0.4, -0.2) is 12.0 Å². The van der Waals surface area contributed by atoms with Crippen molar-refractivity contribution in [3.05, 3.63) is 0 Å². The summed E-state index contributed by atoms with van der Waals surface area (Å²) in [5.74, 6) is 0.920. The zero-order valence-electron chi connectivity index (χ0n) is 5.56. The average molecular weight is 129 g/mol. The lowest BCUT2D eigenvalue weighted by atomic mass is 10.00. The number of hydrogen-bond donors (Lipinski definition) is 0. The van der Waals surface area contributed by atoms with Gasteiger partial charge in [0.15, 0.2) is 0 Å². The number of hydrogen-bond acceptors (Lipinski definition) is 2. The van der Waals surface area contributed by atoms with E-state index in [1.54, 1.807) is 11.8 Å². The Labute approximate surface area is 55.1 Å². The van der Waals surface area contributed by atoms with Gasteiger partial charge in [0.2, 0.25) is 0 Å². The van der Waals surface area contributed by atoms with Gasteiger partial charge in [-0.1, -0.05) is 0 Å². The standard InChI is InChI=1S/C6H11NS/c1-6(2,4-7)5-8-3/h5H2,1-3H3. The Bertz CT molecular complexity index is 102. The Balaban J connectivity index is 3.59. The van der Waals surface area contributed by atoms with Crippen LogP contribution >= 0.6 is 11.8 Å². The van der Waals surface area contributed by atoms with Crippen LogP contribution in [0, 0.1) is 16.7 Å². The van der Waals surface area contributed by atoms with E-state index in [4.69, 9.17) is 5.26 Å². The molecule has 0 fully saturated rings. The molecule has 0 aliphatic rings. The second-order valence-corrected chi connectivity index (χ2v) is 3.29. The number of nitriles is 1. The zero-order chi connectivity index (χ0) is 6.62. The van der Waals surface area contributed by atoms with E-state index < -0.39 is 0 Å². The molecule has 0 aliphatic heterocycles. The fraction of sp³-hybridized carbons (Fsp3) is 0.833. The highest BCUT2D eigenvalue weighted by Crippen LogP contribution is 2.17. The summed E-state index contributed by atoms with van der Waals surface area (Å²) in [5, 5.41) is 8.46. The molecule has 0 aromatic heterocycles. The Morgan fingerprint density at radius 2 is 2.12 bits per heavy atom. The molecule has 8 heavy (non-hydrogen) atoms. The molecule has 0 spiro atoms. The van der Waals surface area contributed by atoms with Crippen LogP contribution < -0.4 is 0 Å². The van der Waals surface area contributed by atoms with E-state index in [2.05, 4.69) is 6.07 Å². The first-order valence-electron chi connectivity index (χ1n) is 2.52. The van der Waals surface area contributed by atoms with Crippen molar-refractivity contribution in [2.45, 2.75) is 13.8 Å². The van der Waals surface area contributed by atoms with Gasteiger partial charge in [0.25, 0.3) is 0 Å². The number of nitrogens with zero attached hydrogens (tertiary/aromatic N) is 1. The molecule has 0 bridgehead atoms. The van der Waals surface area contributed by atoms with Gasteiger partial charge in [-0.3, -0.25) is 0 Å². The van der Waals surface area contributed by atoms with Gasteiger partial charge in [0, 0.05) is 5.75 Å². The fourth-order valence-electron chi connectivity index (χ4n) is 0.393. The summed E-state index contributed by atoms with van der Waals surface area (Å²) in [6.07, 6.45) is 2.01. The van der Waals surface area contributed by atoms with Gasteiger partial charge in [0.1, 0.15) is 0 Å². The summed E-state index contributed by atoms with van der Waals surface area (Å²) in [5.41, 5.74) is -0.139. The van der Waals surface area contributed by atoms with Crippen LogP contribution in [0.1, 0.15) is 13.8 Å². The van der Waals surface area contributed by atoms with Gasteiger partial charge in [-0.25, -0.2) is 0 Å². The molecule has 0 radical (unpaired) electrons. The van der Waals surface area contributed by atoms with Crippen molar-refractivity contribution in [2.24, 2.45) is 5.41 Å². The van der Waals surface area contributed by atoms with Gasteiger partial charge in [-0.05, 0) is 20.1 Å². The molecule has 0 aromatic carbocycles.